The first kappa shape index (κ1) is 19.4. The van der Waals surface area contributed by atoms with Gasteiger partial charge in [0.2, 0.25) is 0 Å². The van der Waals surface area contributed by atoms with Gasteiger partial charge in [0, 0.05) is 0 Å². The summed E-state index contributed by atoms with van der Waals surface area (Å²) in [5, 5.41) is 5.85. The number of benzene rings is 2. The van der Waals surface area contributed by atoms with E-state index in [1.54, 1.807) is 9.05 Å². The minimum atomic E-state index is -0.434. The molecule has 0 atom stereocenters. The number of H-pyrrole nitrogens is 1. The van der Waals surface area contributed by atoms with Crippen molar-refractivity contribution >= 4 is 38.4 Å². The summed E-state index contributed by atoms with van der Waals surface area (Å²) in [6, 6.07) is 19.8. The fourth-order valence-electron chi connectivity index (χ4n) is 3.03. The van der Waals surface area contributed by atoms with Gasteiger partial charge in [0.1, 0.15) is 0 Å². The van der Waals surface area contributed by atoms with Crippen LogP contribution in [-0.2, 0) is 19.2 Å². The van der Waals surface area contributed by atoms with Crippen LogP contribution < -0.4 is 39.3 Å². The van der Waals surface area contributed by atoms with Crippen LogP contribution in [0.2, 0.25) is 13.1 Å². The monoisotopic (exact) mass is 405 g/mol. The third-order valence-corrected chi connectivity index (χ3v) is 8.06. The molecule has 4 rings (SSSR count). The molecule has 0 bridgehead atoms. The Balaban J connectivity index is 0.00000104. The topological polar surface area (TPSA) is 15.8 Å². The zero-order valence-electron chi connectivity index (χ0n) is 13.5. The molecule has 0 spiro atoms. The van der Waals surface area contributed by atoms with Crippen LogP contribution in [0.1, 0.15) is 0 Å². The molecular weight excluding hydrogens is 389 g/mol. The van der Waals surface area contributed by atoms with Gasteiger partial charge in [0.05, 0.1) is 0 Å². The van der Waals surface area contributed by atoms with Crippen molar-refractivity contribution in [1.29, 1.82) is 0 Å². The van der Waals surface area contributed by atoms with Crippen LogP contribution in [0, 0.1) is 0 Å². The Hall–Kier alpha value is -0.899. The zero-order chi connectivity index (χ0) is 15.1. The van der Waals surface area contributed by atoms with E-state index >= 15 is 0 Å². The van der Waals surface area contributed by atoms with Crippen molar-refractivity contribution in [3.05, 3.63) is 65.0 Å². The zero-order valence-corrected chi connectivity index (χ0v) is 17.6. The molecule has 0 saturated heterocycles. The van der Waals surface area contributed by atoms with E-state index < -0.39 is 8.41 Å². The van der Waals surface area contributed by atoms with E-state index in [9.17, 15) is 0 Å². The first-order valence-corrected chi connectivity index (χ1v) is 11.6. The maximum Gasteiger partial charge on any atom is -1.00 e. The van der Waals surface area contributed by atoms with Gasteiger partial charge >= 0.3 is 141 Å². The van der Waals surface area contributed by atoms with E-state index in [1.807, 2.05) is 0 Å². The maximum absolute atomic E-state index is 3.63. The summed E-state index contributed by atoms with van der Waals surface area (Å²) < 4.78 is 3.07. The average molecular weight is 406 g/mol. The van der Waals surface area contributed by atoms with Gasteiger partial charge in [-0.25, -0.2) is 0 Å². The molecule has 1 aliphatic rings. The summed E-state index contributed by atoms with van der Waals surface area (Å²) in [6.07, 6.45) is 2.44. The third kappa shape index (κ3) is 3.54. The van der Waals surface area contributed by atoms with Crippen molar-refractivity contribution in [3.8, 4) is 0 Å². The number of para-hydroxylation sites is 1. The standard InChI is InChI=1S/C11H11Si.C8H6N.2ClH.Ti/c1-12(2)11-7-9-5-3-4-6-10(9)8-11;1-2-4-8-7(3-1)5-6-9-8;;;/h3-7H,1-2H3;1-5,9H;2*1H;/q;;;;+2/p-2. The second-order valence-corrected chi connectivity index (χ2v) is 10.5. The number of hydrogen-bond acceptors (Lipinski definition) is 0. The Morgan fingerprint density at radius 3 is 2.38 bits per heavy atom. The largest absolute Gasteiger partial charge is 1.00 e. The molecular formula is C19H17Cl2NSiTi. The molecule has 1 N–H and O–H groups in total. The minimum Gasteiger partial charge on any atom is -1.00 e. The van der Waals surface area contributed by atoms with Crippen LogP contribution in [0.25, 0.3) is 20.9 Å². The van der Waals surface area contributed by atoms with Gasteiger partial charge in [-0.15, -0.1) is 0 Å². The summed E-state index contributed by atoms with van der Waals surface area (Å²) in [7, 11) is -0.434. The van der Waals surface area contributed by atoms with E-state index in [-0.39, 0.29) is 44.0 Å². The number of halogens is 2. The van der Waals surface area contributed by atoms with Crippen LogP contribution >= 0.6 is 0 Å². The van der Waals surface area contributed by atoms with Crippen LogP contribution in [0.3, 0.4) is 0 Å². The molecule has 1 nitrogen and oxygen atoms in total. The smallest absolute Gasteiger partial charge is 1.00 e. The molecule has 0 saturated carbocycles. The summed E-state index contributed by atoms with van der Waals surface area (Å²) in [5.74, 6) is 0. The Morgan fingerprint density at radius 1 is 0.917 bits per heavy atom. The molecule has 5 heteroatoms. The van der Waals surface area contributed by atoms with Crippen molar-refractivity contribution < 1.29 is 44.0 Å². The van der Waals surface area contributed by atoms with Gasteiger partial charge in [-0.2, -0.15) is 0 Å². The first-order valence-electron chi connectivity index (χ1n) is 7.56. The molecule has 0 radical (unpaired) electrons. The number of fused-ring (bicyclic) bond motifs is 2. The number of aromatic amines is 1. The molecule has 1 aromatic heterocycles. The molecule has 24 heavy (non-hydrogen) atoms. The first-order chi connectivity index (χ1) is 10.7. The van der Waals surface area contributed by atoms with Gasteiger partial charge in [-0.05, 0) is 0 Å². The van der Waals surface area contributed by atoms with Crippen LogP contribution in [0.15, 0.2) is 54.6 Å². The summed E-state index contributed by atoms with van der Waals surface area (Å²) >= 11 is -0.328. The van der Waals surface area contributed by atoms with E-state index in [0.29, 0.717) is 0 Å². The van der Waals surface area contributed by atoms with E-state index in [1.165, 1.54) is 25.3 Å². The minimum absolute atomic E-state index is 0. The second kappa shape index (κ2) is 7.99. The number of rotatable bonds is 2. The fraction of sp³-hybridized carbons (Fsp3) is 0.105. The summed E-state index contributed by atoms with van der Waals surface area (Å²) in [5.41, 5.74) is 1.26. The summed E-state index contributed by atoms with van der Waals surface area (Å²) in [4.78, 5) is 3.63. The Kier molecular flexibility index (Phi) is 6.46. The van der Waals surface area contributed by atoms with Crippen molar-refractivity contribution in [2.24, 2.45) is 0 Å². The third-order valence-electron chi connectivity index (χ3n) is 4.13. The van der Waals surface area contributed by atoms with Crippen molar-refractivity contribution in [1.82, 2.24) is 4.98 Å². The summed E-state index contributed by atoms with van der Waals surface area (Å²) in [6.45, 7) is 4.81. The molecule has 1 aliphatic carbocycles. The average Bonchev–Trinajstić information content (AvgIpc) is 3.09. The fourth-order valence-corrected chi connectivity index (χ4v) is 7.51. The van der Waals surface area contributed by atoms with Gasteiger partial charge in [-0.1, -0.05) is 0 Å². The number of hydrogen-bond donors (Lipinski definition) is 1. The normalized spacial score (nSPS) is 11.9. The van der Waals surface area contributed by atoms with Gasteiger partial charge < -0.3 is 24.8 Å². The predicted molar refractivity (Wildman–Crippen MR) is 94.0 cm³/mol. The van der Waals surface area contributed by atoms with Gasteiger partial charge in [-0.3, -0.25) is 0 Å². The molecule has 0 unspecified atom stereocenters. The van der Waals surface area contributed by atoms with Crippen molar-refractivity contribution in [2.75, 3.05) is 0 Å². The molecule has 0 aliphatic heterocycles. The van der Waals surface area contributed by atoms with Crippen LogP contribution in [0.4, 0.5) is 0 Å². The molecule has 0 amide bonds. The molecule has 120 valence electrons. The molecule has 3 aromatic rings. The Morgan fingerprint density at radius 2 is 1.62 bits per heavy atom. The van der Waals surface area contributed by atoms with E-state index in [2.05, 4.69) is 78.8 Å². The van der Waals surface area contributed by atoms with E-state index in [0.717, 1.165) is 0 Å². The Bertz CT molecular complexity index is 1000. The molecule has 1 heterocycles. The maximum atomic E-state index is 3.63. The predicted octanol–water partition coefficient (Wildman–Crippen LogP) is -4.01. The molecule has 0 fully saturated rings. The van der Waals surface area contributed by atoms with Gasteiger partial charge in [0.25, 0.3) is 0 Å². The second-order valence-electron chi connectivity index (χ2n) is 5.92. The number of nitrogens with one attached hydrogen (secondary N) is 1. The number of aromatic nitrogens is 1. The van der Waals surface area contributed by atoms with Crippen LogP contribution in [-0.4, -0.2) is 18.6 Å². The Labute approximate surface area is 164 Å². The quantitative estimate of drug-likeness (QED) is 0.418. The molecule has 2 aromatic carbocycles. The van der Waals surface area contributed by atoms with Crippen LogP contribution in [0.5, 0.6) is 0 Å². The van der Waals surface area contributed by atoms with Gasteiger partial charge in [0.15, 0.2) is 0 Å². The van der Waals surface area contributed by atoms with Crippen molar-refractivity contribution in [2.45, 2.75) is 13.1 Å². The SMILES string of the molecule is C[Si](C)=C1C=c2ccccc2=[C]1[Ti+2][c]1cc2ccccc2[nH]1.[Cl-].[Cl-]. The van der Waals surface area contributed by atoms with E-state index in [4.69, 9.17) is 0 Å². The van der Waals surface area contributed by atoms with Crippen molar-refractivity contribution in [3.63, 3.8) is 0 Å².